The Labute approximate surface area is 491 Å². The van der Waals surface area contributed by atoms with E-state index in [0.29, 0.717) is 38.5 Å². The maximum absolute atomic E-state index is 14.9. The molecule has 36 atom stereocenters. The number of carbonyl (C=O) groups excluding carboxylic acids is 1. The maximum Gasteiger partial charge on any atom is 0.187 e. The van der Waals surface area contributed by atoms with Gasteiger partial charge < -0.3 is 139 Å². The van der Waals surface area contributed by atoms with Gasteiger partial charge in [-0.3, -0.25) is 4.79 Å². The van der Waals surface area contributed by atoms with Crippen LogP contribution in [0.5, 0.6) is 0 Å². The van der Waals surface area contributed by atoms with E-state index in [2.05, 4.69) is 13.8 Å². The number of Topliss-reactive ketones (excluding diaryl/α,β-unsaturated/α-hetero) is 1. The van der Waals surface area contributed by atoms with Gasteiger partial charge in [0.25, 0.3) is 0 Å². The van der Waals surface area contributed by atoms with Gasteiger partial charge in [0.05, 0.1) is 51.8 Å². The van der Waals surface area contributed by atoms with E-state index in [-0.39, 0.29) is 71.8 Å². The smallest absolute Gasteiger partial charge is 0.187 e. The largest absolute Gasteiger partial charge is 0.394 e. The lowest BCUT2D eigenvalue weighted by Crippen LogP contribution is -2.68. The first-order valence-corrected chi connectivity index (χ1v) is 30.2. The molecule has 85 heavy (non-hydrogen) atoms. The van der Waals surface area contributed by atoms with Crippen LogP contribution in [0.1, 0.15) is 85.5 Å². The highest BCUT2D eigenvalue weighted by atomic mass is 16.8. The SMILES string of the molecule is CC(CCC1(O)OC2CC3C4CCC5CC(OC6OC(CO)C(OC7OC(CO)C(O)C(OC8OCC(O)C(O)C8O)C7OC7OC(CO)C(O)C(O)C7O)C(O)C6O)CCC5(C)C4CC(=O)C3(C)C2C1C)COC1OC(CO)C(O)C(O)C1O. The van der Waals surface area contributed by atoms with Crippen molar-refractivity contribution in [1.29, 1.82) is 0 Å². The highest BCUT2D eigenvalue weighted by Crippen LogP contribution is 2.70. The van der Waals surface area contributed by atoms with Crippen molar-refractivity contribution in [2.45, 2.75) is 251 Å². The lowest BCUT2D eigenvalue weighted by atomic mass is 9.44. The molecule has 10 rings (SSSR count). The van der Waals surface area contributed by atoms with Gasteiger partial charge >= 0.3 is 0 Å². The average Bonchev–Trinajstić information content (AvgIpc) is 1.70. The molecule has 0 bridgehead atoms. The maximum atomic E-state index is 14.9. The summed E-state index contributed by atoms with van der Waals surface area (Å²) in [7, 11) is 0. The van der Waals surface area contributed by atoms with E-state index in [1.54, 1.807) is 0 Å². The lowest BCUT2D eigenvalue weighted by molar-refractivity contribution is -0.404. The Morgan fingerprint density at radius 2 is 1.13 bits per heavy atom. The second-order valence-corrected chi connectivity index (χ2v) is 26.5. The number of carbonyl (C=O) groups is 1. The fourth-order valence-corrected chi connectivity index (χ4v) is 16.5. The van der Waals surface area contributed by atoms with Gasteiger partial charge in [-0.15, -0.1) is 0 Å². The van der Waals surface area contributed by atoms with Crippen molar-refractivity contribution < 1.29 is 144 Å². The minimum absolute atomic E-state index is 0.0191. The van der Waals surface area contributed by atoms with Crippen LogP contribution in [0.15, 0.2) is 0 Å². The summed E-state index contributed by atoms with van der Waals surface area (Å²) in [5.74, 6) is -1.75. The molecule has 0 radical (unpaired) electrons. The summed E-state index contributed by atoms with van der Waals surface area (Å²) in [6, 6.07) is 0. The zero-order chi connectivity index (χ0) is 61.5. The molecule has 4 saturated carbocycles. The molecule has 17 N–H and O–H groups in total. The van der Waals surface area contributed by atoms with Gasteiger partial charge in [-0.25, -0.2) is 0 Å². The van der Waals surface area contributed by atoms with Crippen LogP contribution in [0.25, 0.3) is 0 Å². The van der Waals surface area contributed by atoms with Crippen molar-refractivity contribution in [3.05, 3.63) is 0 Å². The van der Waals surface area contributed by atoms with Crippen molar-refractivity contribution in [2.75, 3.05) is 39.6 Å². The van der Waals surface area contributed by atoms with Crippen LogP contribution >= 0.6 is 0 Å². The first kappa shape index (κ1) is 66.5. The van der Waals surface area contributed by atoms with E-state index in [0.717, 1.165) is 12.8 Å². The van der Waals surface area contributed by atoms with E-state index < -0.39 is 198 Å². The molecule has 10 fully saturated rings. The molecule has 36 unspecified atom stereocenters. The van der Waals surface area contributed by atoms with Gasteiger partial charge in [0.2, 0.25) is 0 Å². The van der Waals surface area contributed by atoms with Crippen LogP contribution in [-0.2, 0) is 56.9 Å². The molecule has 6 aliphatic heterocycles. The summed E-state index contributed by atoms with van der Waals surface area (Å²) in [5.41, 5.74) is -1.01. The molecule has 10 aliphatic rings. The predicted octanol–water partition coefficient (Wildman–Crippen LogP) is -6.31. The van der Waals surface area contributed by atoms with Gasteiger partial charge in [0.1, 0.15) is 122 Å². The fraction of sp³-hybridized carbons (Fsp3) is 0.982. The third-order valence-electron chi connectivity index (χ3n) is 21.7. The standard InChI is InChI=1S/C56H92O29/c1-20(18-75-49-43(71)39(67)36(64)29(14-57)78-49)7-10-56(74)21(2)34-28(85-56)12-26-24-6-5-22-11-23(8-9-54(22,3)25(24)13-33(62)55(26,34)4)77-51-45(73)41(69)46(32(17-60)81-51)82-53-48(84-52-44(72)40(68)37(65)30(15-58)79-52)47(38(66)31(16-59)80-53)83-50-42(70)35(63)27(61)19-76-50/h20-32,34-53,57-61,63-74H,5-19H2,1-4H3. The summed E-state index contributed by atoms with van der Waals surface area (Å²) in [4.78, 5) is 14.9. The number of fused-ring (bicyclic) bond motifs is 7. The van der Waals surface area contributed by atoms with E-state index in [4.69, 9.17) is 52.1 Å². The molecule has 4 aliphatic carbocycles. The Bertz CT molecular complexity index is 2220. The first-order valence-electron chi connectivity index (χ1n) is 30.2. The molecule has 6 heterocycles. The van der Waals surface area contributed by atoms with Crippen molar-refractivity contribution in [2.24, 2.45) is 52.3 Å². The minimum atomic E-state index is -2.04. The van der Waals surface area contributed by atoms with Crippen LogP contribution < -0.4 is 0 Å². The third-order valence-corrected chi connectivity index (χ3v) is 21.7. The molecule has 0 aromatic carbocycles. The summed E-state index contributed by atoms with van der Waals surface area (Å²) >= 11 is 0. The van der Waals surface area contributed by atoms with Gasteiger partial charge in [0, 0.05) is 30.1 Å². The van der Waals surface area contributed by atoms with E-state index >= 15 is 0 Å². The number of hydrogen-bond donors (Lipinski definition) is 17. The van der Waals surface area contributed by atoms with Crippen LogP contribution in [0.4, 0.5) is 0 Å². The number of aliphatic hydroxyl groups excluding tert-OH is 16. The summed E-state index contributed by atoms with van der Waals surface area (Å²) < 4.78 is 65.6. The predicted molar refractivity (Wildman–Crippen MR) is 279 cm³/mol. The lowest BCUT2D eigenvalue weighted by Gasteiger charge is -2.60. The topological polar surface area (TPSA) is 463 Å². The van der Waals surface area contributed by atoms with Gasteiger partial charge in [0.15, 0.2) is 37.2 Å². The molecule has 0 aromatic rings. The van der Waals surface area contributed by atoms with Crippen LogP contribution in [0.3, 0.4) is 0 Å². The van der Waals surface area contributed by atoms with Gasteiger partial charge in [-0.05, 0) is 80.0 Å². The highest BCUT2D eigenvalue weighted by molar-refractivity contribution is 5.87. The highest BCUT2D eigenvalue weighted by Gasteiger charge is 2.71. The Morgan fingerprint density at radius 1 is 0.576 bits per heavy atom. The van der Waals surface area contributed by atoms with E-state index in [1.165, 1.54) is 0 Å². The Morgan fingerprint density at radius 3 is 1.79 bits per heavy atom. The molecule has 29 nitrogen and oxygen atoms in total. The molecular formula is C56H92O29. The van der Waals surface area contributed by atoms with Gasteiger partial charge in [-0.2, -0.15) is 0 Å². The Kier molecular flexibility index (Phi) is 20.5. The summed E-state index contributed by atoms with van der Waals surface area (Å²) in [5, 5.41) is 182. The molecule has 6 saturated heterocycles. The quantitative estimate of drug-likeness (QED) is 0.0568. The fourth-order valence-electron chi connectivity index (χ4n) is 16.5. The van der Waals surface area contributed by atoms with Crippen molar-refractivity contribution in [3.8, 4) is 0 Å². The minimum Gasteiger partial charge on any atom is -0.394 e. The summed E-state index contributed by atoms with van der Waals surface area (Å²) in [6.07, 6.45) is -36.8. The Balaban J connectivity index is 0.769. The monoisotopic (exact) mass is 1230 g/mol. The Hall–Kier alpha value is -1.45. The molecule has 0 spiro atoms. The zero-order valence-corrected chi connectivity index (χ0v) is 48.2. The van der Waals surface area contributed by atoms with Crippen molar-refractivity contribution in [3.63, 3.8) is 0 Å². The number of hydrogen-bond acceptors (Lipinski definition) is 29. The van der Waals surface area contributed by atoms with E-state index in [9.17, 15) is 91.6 Å². The molecule has 0 amide bonds. The van der Waals surface area contributed by atoms with Crippen LogP contribution in [0.2, 0.25) is 0 Å². The van der Waals surface area contributed by atoms with Crippen molar-refractivity contribution >= 4 is 5.78 Å². The average molecular weight is 1230 g/mol. The normalized spacial score (nSPS) is 54.9. The summed E-state index contributed by atoms with van der Waals surface area (Å²) in [6.45, 7) is 4.47. The van der Waals surface area contributed by atoms with Crippen LogP contribution in [0, 0.1) is 52.3 Å². The molecular weight excluding hydrogens is 1140 g/mol. The van der Waals surface area contributed by atoms with Crippen molar-refractivity contribution in [1.82, 2.24) is 0 Å². The molecule has 0 aromatic heterocycles. The number of ether oxygens (including phenoxy) is 11. The van der Waals surface area contributed by atoms with Gasteiger partial charge in [-0.1, -0.05) is 27.7 Å². The van der Waals surface area contributed by atoms with E-state index in [1.807, 2.05) is 13.8 Å². The second kappa shape index (κ2) is 26.3. The second-order valence-electron chi connectivity index (χ2n) is 26.5. The number of rotatable bonds is 18. The zero-order valence-electron chi connectivity index (χ0n) is 48.2. The number of aliphatic hydroxyl groups is 17. The third kappa shape index (κ3) is 12.1. The first-order chi connectivity index (χ1) is 40.2. The van der Waals surface area contributed by atoms with Crippen LogP contribution in [-0.4, -0.2) is 298 Å². The number of ketones is 1. The molecule has 29 heteroatoms. The molecule has 490 valence electrons.